The quantitative estimate of drug-likeness (QED) is 0.857. The van der Waals surface area contributed by atoms with Gasteiger partial charge in [-0.1, -0.05) is 48.0 Å². The predicted molar refractivity (Wildman–Crippen MR) is 77.5 cm³/mol. The molecule has 0 aliphatic carbocycles. The van der Waals surface area contributed by atoms with Crippen molar-refractivity contribution >= 4 is 9.84 Å². The van der Waals surface area contributed by atoms with E-state index >= 15 is 0 Å². The molecule has 0 N–H and O–H groups in total. The summed E-state index contributed by atoms with van der Waals surface area (Å²) >= 11 is 0. The van der Waals surface area contributed by atoms with Crippen LogP contribution < -0.4 is 0 Å². The molecular formula is C16H17O2S. The lowest BCUT2D eigenvalue weighted by molar-refractivity contribution is 0.568. The zero-order chi connectivity index (χ0) is 14.1. The van der Waals surface area contributed by atoms with Crippen LogP contribution in [0, 0.1) is 13.8 Å². The molecule has 0 saturated heterocycles. The number of benzene rings is 2. The van der Waals surface area contributed by atoms with Crippen molar-refractivity contribution in [1.82, 2.24) is 0 Å². The molecule has 1 atom stereocenters. The van der Waals surface area contributed by atoms with E-state index in [1.165, 1.54) is 0 Å². The minimum absolute atomic E-state index is 0.305. The topological polar surface area (TPSA) is 34.1 Å². The van der Waals surface area contributed by atoms with Crippen molar-refractivity contribution in [3.8, 4) is 0 Å². The van der Waals surface area contributed by atoms with Crippen LogP contribution in [0.2, 0.25) is 0 Å². The summed E-state index contributed by atoms with van der Waals surface area (Å²) in [5, 5.41) is 0. The number of rotatable bonds is 3. The van der Waals surface area contributed by atoms with Crippen LogP contribution in [0.25, 0.3) is 0 Å². The highest BCUT2D eigenvalue weighted by Crippen LogP contribution is 2.34. The fourth-order valence-corrected chi connectivity index (χ4v) is 3.38. The summed E-state index contributed by atoms with van der Waals surface area (Å²) in [5.74, 6) is 0. The van der Waals surface area contributed by atoms with Gasteiger partial charge in [0.15, 0.2) is 9.84 Å². The highest BCUT2D eigenvalue weighted by Gasteiger charge is 2.37. The molecule has 0 aromatic heterocycles. The SMILES string of the molecule is [CH2]C(C)(c1ccccc1)S(=O)(=O)c1ccc(C)cc1. The van der Waals surface area contributed by atoms with Gasteiger partial charge in [0, 0.05) is 0 Å². The fraction of sp³-hybridized carbons (Fsp3) is 0.188. The van der Waals surface area contributed by atoms with Crippen LogP contribution in [0.15, 0.2) is 59.5 Å². The van der Waals surface area contributed by atoms with Crippen molar-refractivity contribution in [2.24, 2.45) is 0 Å². The smallest absolute Gasteiger partial charge is 0.187 e. The van der Waals surface area contributed by atoms with Crippen LogP contribution in [0.1, 0.15) is 18.1 Å². The summed E-state index contributed by atoms with van der Waals surface area (Å²) in [6.45, 7) is 7.49. The number of hydrogen-bond acceptors (Lipinski definition) is 2. The van der Waals surface area contributed by atoms with Gasteiger partial charge in [0.2, 0.25) is 0 Å². The first kappa shape index (κ1) is 13.8. The molecule has 2 nitrogen and oxygen atoms in total. The van der Waals surface area contributed by atoms with E-state index in [4.69, 9.17) is 0 Å². The van der Waals surface area contributed by atoms with Gasteiger partial charge in [-0.3, -0.25) is 0 Å². The Morgan fingerprint density at radius 3 is 2.00 bits per heavy atom. The van der Waals surface area contributed by atoms with Crippen LogP contribution in [0.3, 0.4) is 0 Å². The van der Waals surface area contributed by atoms with E-state index in [1.807, 2.05) is 25.1 Å². The van der Waals surface area contributed by atoms with Gasteiger partial charge in [0.05, 0.1) is 9.64 Å². The van der Waals surface area contributed by atoms with Crippen molar-refractivity contribution in [1.29, 1.82) is 0 Å². The highest BCUT2D eigenvalue weighted by atomic mass is 32.2. The Bertz CT molecular complexity index is 654. The van der Waals surface area contributed by atoms with Gasteiger partial charge < -0.3 is 0 Å². The average Bonchev–Trinajstić information content (AvgIpc) is 2.40. The van der Waals surface area contributed by atoms with Crippen LogP contribution in [0.5, 0.6) is 0 Å². The first-order chi connectivity index (χ1) is 8.85. The minimum atomic E-state index is -3.52. The summed E-state index contributed by atoms with van der Waals surface area (Å²) in [6.07, 6.45) is 0. The molecule has 0 aliphatic rings. The first-order valence-electron chi connectivity index (χ1n) is 6.08. The zero-order valence-electron chi connectivity index (χ0n) is 11.1. The van der Waals surface area contributed by atoms with Crippen molar-refractivity contribution in [3.05, 3.63) is 72.6 Å². The highest BCUT2D eigenvalue weighted by molar-refractivity contribution is 7.92. The summed E-state index contributed by atoms with van der Waals surface area (Å²) in [4.78, 5) is 0.305. The number of sulfone groups is 1. The summed E-state index contributed by atoms with van der Waals surface area (Å²) < 4.78 is 24.2. The van der Waals surface area contributed by atoms with E-state index in [1.54, 1.807) is 43.3 Å². The normalized spacial score (nSPS) is 12.4. The van der Waals surface area contributed by atoms with E-state index in [9.17, 15) is 8.42 Å². The molecule has 0 amide bonds. The zero-order valence-corrected chi connectivity index (χ0v) is 11.9. The van der Waals surface area contributed by atoms with E-state index in [2.05, 4.69) is 6.92 Å². The minimum Gasteiger partial charge on any atom is -0.223 e. The molecule has 19 heavy (non-hydrogen) atoms. The Hall–Kier alpha value is -1.61. The second kappa shape index (κ2) is 4.82. The van der Waals surface area contributed by atoms with Crippen LogP contribution in [-0.2, 0) is 14.6 Å². The van der Waals surface area contributed by atoms with Crippen molar-refractivity contribution < 1.29 is 8.42 Å². The van der Waals surface area contributed by atoms with Gasteiger partial charge in [-0.25, -0.2) is 8.42 Å². The van der Waals surface area contributed by atoms with Gasteiger partial charge in [-0.05, 0) is 38.5 Å². The summed E-state index contributed by atoms with van der Waals surface area (Å²) in [5.41, 5.74) is 1.72. The molecule has 0 bridgehead atoms. The molecule has 3 heteroatoms. The molecule has 0 aliphatic heterocycles. The standard InChI is InChI=1S/C16H17O2S/c1-13-9-11-15(12-10-13)19(17,18)16(2,3)14-7-5-4-6-8-14/h4-12H,2H2,1,3H3. The molecule has 0 saturated carbocycles. The van der Waals surface area contributed by atoms with Gasteiger partial charge in [0.1, 0.15) is 0 Å². The van der Waals surface area contributed by atoms with Crippen LogP contribution in [-0.4, -0.2) is 8.42 Å². The molecular weight excluding hydrogens is 256 g/mol. The second-order valence-corrected chi connectivity index (χ2v) is 7.29. The number of aryl methyl sites for hydroxylation is 1. The first-order valence-corrected chi connectivity index (χ1v) is 7.56. The van der Waals surface area contributed by atoms with Crippen molar-refractivity contribution in [3.63, 3.8) is 0 Å². The van der Waals surface area contributed by atoms with Crippen molar-refractivity contribution in [2.75, 3.05) is 0 Å². The van der Waals surface area contributed by atoms with E-state index < -0.39 is 14.6 Å². The predicted octanol–water partition coefficient (Wildman–Crippen LogP) is 3.52. The van der Waals surface area contributed by atoms with Crippen LogP contribution >= 0.6 is 0 Å². The average molecular weight is 273 g/mol. The van der Waals surface area contributed by atoms with Crippen LogP contribution in [0.4, 0.5) is 0 Å². The summed E-state index contributed by atoms with van der Waals surface area (Å²) in [7, 11) is -3.52. The third-order valence-corrected chi connectivity index (χ3v) is 5.62. The Kier molecular flexibility index (Phi) is 3.50. The fourth-order valence-electron chi connectivity index (χ4n) is 1.92. The molecule has 1 unspecified atom stereocenters. The maximum atomic E-state index is 12.7. The maximum Gasteiger partial charge on any atom is 0.187 e. The third kappa shape index (κ3) is 2.43. The Morgan fingerprint density at radius 2 is 1.47 bits per heavy atom. The molecule has 0 fully saturated rings. The molecule has 2 aromatic rings. The molecule has 0 heterocycles. The second-order valence-electron chi connectivity index (χ2n) is 4.91. The molecule has 2 rings (SSSR count). The Morgan fingerprint density at radius 1 is 0.947 bits per heavy atom. The maximum absolute atomic E-state index is 12.7. The summed E-state index contributed by atoms with van der Waals surface area (Å²) in [6, 6.07) is 16.0. The van der Waals surface area contributed by atoms with E-state index in [0.29, 0.717) is 10.5 Å². The lowest BCUT2D eigenvalue weighted by atomic mass is 10.0. The lowest BCUT2D eigenvalue weighted by Crippen LogP contribution is -2.29. The number of hydrogen-bond donors (Lipinski definition) is 0. The van der Waals surface area contributed by atoms with Gasteiger partial charge in [-0.2, -0.15) is 0 Å². The van der Waals surface area contributed by atoms with Gasteiger partial charge in [-0.15, -0.1) is 0 Å². The molecule has 99 valence electrons. The Labute approximate surface area is 115 Å². The third-order valence-electron chi connectivity index (χ3n) is 3.31. The van der Waals surface area contributed by atoms with Gasteiger partial charge in [0.25, 0.3) is 0 Å². The van der Waals surface area contributed by atoms with E-state index in [0.717, 1.165) is 5.56 Å². The molecule has 1 radical (unpaired) electrons. The van der Waals surface area contributed by atoms with Gasteiger partial charge >= 0.3 is 0 Å². The van der Waals surface area contributed by atoms with E-state index in [-0.39, 0.29) is 0 Å². The molecule has 0 spiro atoms. The largest absolute Gasteiger partial charge is 0.223 e. The monoisotopic (exact) mass is 273 g/mol. The molecule has 2 aromatic carbocycles. The van der Waals surface area contributed by atoms with Crippen molar-refractivity contribution in [2.45, 2.75) is 23.5 Å². The lowest BCUT2D eigenvalue weighted by Gasteiger charge is -2.25. The Balaban J connectivity index is 2.53.